The van der Waals surface area contributed by atoms with Crippen LogP contribution in [0.2, 0.25) is 0 Å². The van der Waals surface area contributed by atoms with Crippen molar-refractivity contribution in [2.24, 2.45) is 5.92 Å². The van der Waals surface area contributed by atoms with Gasteiger partial charge < -0.3 is 4.98 Å². The summed E-state index contributed by atoms with van der Waals surface area (Å²) in [5.41, 5.74) is 4.47. The van der Waals surface area contributed by atoms with Gasteiger partial charge in [-0.25, -0.2) is 9.37 Å². The number of H-pyrrole nitrogens is 1. The lowest BCUT2D eigenvalue weighted by Crippen LogP contribution is -1.91. The first-order chi connectivity index (χ1) is 11.2. The lowest BCUT2D eigenvalue weighted by Gasteiger charge is -2.07. The highest BCUT2D eigenvalue weighted by Crippen LogP contribution is 2.33. The molecule has 2 heterocycles. The van der Waals surface area contributed by atoms with Crippen LogP contribution in [-0.4, -0.2) is 15.0 Å². The summed E-state index contributed by atoms with van der Waals surface area (Å²) in [4.78, 5) is 11.7. The molecule has 1 fully saturated rings. The molecule has 1 aliphatic carbocycles. The van der Waals surface area contributed by atoms with E-state index in [4.69, 9.17) is 0 Å². The van der Waals surface area contributed by atoms with Gasteiger partial charge in [-0.1, -0.05) is 6.07 Å². The largest absolute Gasteiger partial charge is 0.342 e. The van der Waals surface area contributed by atoms with E-state index in [1.54, 1.807) is 24.5 Å². The third-order valence-corrected chi connectivity index (χ3v) is 4.41. The Morgan fingerprint density at radius 1 is 1.17 bits per heavy atom. The number of aryl methyl sites for hydroxylation is 1. The van der Waals surface area contributed by atoms with E-state index in [1.165, 1.54) is 12.8 Å². The molecule has 0 bridgehead atoms. The summed E-state index contributed by atoms with van der Waals surface area (Å²) >= 11 is 0. The van der Waals surface area contributed by atoms with Crippen LogP contribution in [0.15, 0.2) is 42.9 Å². The molecule has 1 saturated carbocycles. The zero-order valence-corrected chi connectivity index (χ0v) is 13.0. The lowest BCUT2D eigenvalue weighted by molar-refractivity contribution is 0.630. The van der Waals surface area contributed by atoms with Crippen LogP contribution in [0.3, 0.4) is 0 Å². The van der Waals surface area contributed by atoms with E-state index in [0.29, 0.717) is 11.4 Å². The van der Waals surface area contributed by atoms with E-state index in [1.807, 2.05) is 25.3 Å². The number of rotatable bonds is 4. The fourth-order valence-corrected chi connectivity index (χ4v) is 2.87. The molecule has 1 aromatic carbocycles. The molecule has 0 unspecified atom stereocenters. The number of hydrogen-bond acceptors (Lipinski definition) is 2. The number of hydrogen-bond donors (Lipinski definition) is 1. The number of halogens is 1. The third kappa shape index (κ3) is 2.89. The van der Waals surface area contributed by atoms with Gasteiger partial charge >= 0.3 is 0 Å². The van der Waals surface area contributed by atoms with Gasteiger partial charge in [0.15, 0.2) is 0 Å². The van der Waals surface area contributed by atoms with Crippen molar-refractivity contribution in [3.05, 3.63) is 59.9 Å². The summed E-state index contributed by atoms with van der Waals surface area (Å²) in [5.74, 6) is 1.12. The van der Waals surface area contributed by atoms with Gasteiger partial charge in [0.1, 0.15) is 11.6 Å². The Hall–Kier alpha value is -2.49. The second kappa shape index (κ2) is 5.61. The fraction of sp³-hybridized carbons (Fsp3) is 0.263. The van der Waals surface area contributed by atoms with Gasteiger partial charge in [0.2, 0.25) is 0 Å². The Bertz CT molecular complexity index is 849. The molecular weight excluding hydrogens is 289 g/mol. The zero-order chi connectivity index (χ0) is 15.8. The van der Waals surface area contributed by atoms with Gasteiger partial charge in [-0.2, -0.15) is 0 Å². The summed E-state index contributed by atoms with van der Waals surface area (Å²) in [6, 6.07) is 7.20. The Labute approximate surface area is 134 Å². The highest BCUT2D eigenvalue weighted by molar-refractivity contribution is 5.70. The summed E-state index contributed by atoms with van der Waals surface area (Å²) in [7, 11) is 0. The smallest absolute Gasteiger partial charge is 0.140 e. The average molecular weight is 307 g/mol. The molecule has 1 aliphatic rings. The van der Waals surface area contributed by atoms with Crippen LogP contribution < -0.4 is 0 Å². The summed E-state index contributed by atoms with van der Waals surface area (Å²) < 4.78 is 14.6. The van der Waals surface area contributed by atoms with Crippen LogP contribution in [0.25, 0.3) is 22.5 Å². The Balaban J connectivity index is 1.65. The predicted octanol–water partition coefficient (Wildman–Crippen LogP) is 4.54. The first-order valence-electron chi connectivity index (χ1n) is 7.95. The molecule has 0 saturated heterocycles. The highest BCUT2D eigenvalue weighted by atomic mass is 19.1. The number of imidazole rings is 1. The molecule has 116 valence electrons. The fourth-order valence-electron chi connectivity index (χ4n) is 2.87. The lowest BCUT2D eigenvalue weighted by atomic mass is 10.0. The predicted molar refractivity (Wildman–Crippen MR) is 88.4 cm³/mol. The molecule has 4 heteroatoms. The SMILES string of the molecule is Cc1ccncc1-c1ccc(-c2ncc(CC3CC3)[nH]2)c(F)c1. The van der Waals surface area contributed by atoms with Crippen LogP contribution >= 0.6 is 0 Å². The highest BCUT2D eigenvalue weighted by Gasteiger charge is 2.22. The quantitative estimate of drug-likeness (QED) is 0.769. The number of pyridine rings is 1. The number of nitrogens with one attached hydrogen (secondary N) is 1. The molecule has 0 radical (unpaired) electrons. The summed E-state index contributed by atoms with van der Waals surface area (Å²) in [6.45, 7) is 2.00. The van der Waals surface area contributed by atoms with E-state index in [0.717, 1.165) is 34.7 Å². The minimum absolute atomic E-state index is 0.266. The molecular formula is C19H18FN3. The number of aromatic nitrogens is 3. The second-order valence-electron chi connectivity index (χ2n) is 6.29. The molecule has 2 aromatic heterocycles. The topological polar surface area (TPSA) is 41.6 Å². The number of aromatic amines is 1. The van der Waals surface area contributed by atoms with Crippen LogP contribution in [0, 0.1) is 18.7 Å². The molecule has 0 aliphatic heterocycles. The maximum atomic E-state index is 14.6. The van der Waals surface area contributed by atoms with Crippen molar-refractivity contribution in [1.29, 1.82) is 0 Å². The zero-order valence-electron chi connectivity index (χ0n) is 13.0. The van der Waals surface area contributed by atoms with Crippen LogP contribution in [0.1, 0.15) is 24.1 Å². The maximum Gasteiger partial charge on any atom is 0.140 e. The van der Waals surface area contributed by atoms with Crippen LogP contribution in [-0.2, 0) is 6.42 Å². The Kier molecular flexibility index (Phi) is 3.45. The van der Waals surface area contributed by atoms with E-state index in [-0.39, 0.29) is 5.82 Å². The second-order valence-corrected chi connectivity index (χ2v) is 6.29. The Morgan fingerprint density at radius 2 is 2.04 bits per heavy atom. The van der Waals surface area contributed by atoms with Crippen LogP contribution in [0.4, 0.5) is 4.39 Å². The van der Waals surface area contributed by atoms with Gasteiger partial charge in [-0.05, 0) is 61.4 Å². The standard InChI is InChI=1S/C19H18FN3/c1-12-6-7-21-11-17(12)14-4-5-16(18(20)9-14)19-22-10-15(23-19)8-13-2-3-13/h4-7,9-11,13H,2-3,8H2,1H3,(H,22,23). The molecule has 0 spiro atoms. The molecule has 4 rings (SSSR count). The van der Waals surface area contributed by atoms with Gasteiger partial charge in [0.25, 0.3) is 0 Å². The number of nitrogens with zero attached hydrogens (tertiary/aromatic N) is 2. The van der Waals surface area contributed by atoms with Crippen molar-refractivity contribution in [2.45, 2.75) is 26.2 Å². The van der Waals surface area contributed by atoms with Crippen molar-refractivity contribution >= 4 is 0 Å². The van der Waals surface area contributed by atoms with Crippen molar-refractivity contribution in [3.8, 4) is 22.5 Å². The minimum atomic E-state index is -0.266. The molecule has 0 amide bonds. The third-order valence-electron chi connectivity index (χ3n) is 4.41. The van der Waals surface area contributed by atoms with Crippen molar-refractivity contribution in [2.75, 3.05) is 0 Å². The molecule has 0 atom stereocenters. The van der Waals surface area contributed by atoms with Gasteiger partial charge in [-0.15, -0.1) is 0 Å². The van der Waals surface area contributed by atoms with E-state index in [9.17, 15) is 4.39 Å². The minimum Gasteiger partial charge on any atom is -0.342 e. The normalized spacial score (nSPS) is 14.2. The van der Waals surface area contributed by atoms with Crippen molar-refractivity contribution in [1.82, 2.24) is 15.0 Å². The first-order valence-corrected chi connectivity index (χ1v) is 7.95. The van der Waals surface area contributed by atoms with Gasteiger partial charge in [-0.3, -0.25) is 4.98 Å². The van der Waals surface area contributed by atoms with E-state index >= 15 is 0 Å². The molecule has 3 aromatic rings. The summed E-state index contributed by atoms with van der Waals surface area (Å²) in [6.07, 6.45) is 8.94. The van der Waals surface area contributed by atoms with E-state index < -0.39 is 0 Å². The van der Waals surface area contributed by atoms with Crippen LogP contribution in [0.5, 0.6) is 0 Å². The van der Waals surface area contributed by atoms with Gasteiger partial charge in [0, 0.05) is 29.8 Å². The van der Waals surface area contributed by atoms with Gasteiger partial charge in [0.05, 0.1) is 5.56 Å². The van der Waals surface area contributed by atoms with E-state index in [2.05, 4.69) is 15.0 Å². The maximum absolute atomic E-state index is 14.6. The molecule has 3 nitrogen and oxygen atoms in total. The average Bonchev–Trinajstić information content (AvgIpc) is 3.24. The summed E-state index contributed by atoms with van der Waals surface area (Å²) in [5, 5.41) is 0. The van der Waals surface area contributed by atoms with Crippen molar-refractivity contribution < 1.29 is 4.39 Å². The molecule has 1 N–H and O–H groups in total. The molecule has 23 heavy (non-hydrogen) atoms. The first kappa shape index (κ1) is 14.1. The van der Waals surface area contributed by atoms with Crippen molar-refractivity contribution in [3.63, 3.8) is 0 Å². The number of benzene rings is 1. The Morgan fingerprint density at radius 3 is 2.78 bits per heavy atom. The monoisotopic (exact) mass is 307 g/mol.